The van der Waals surface area contributed by atoms with Crippen LogP contribution in [0.4, 0.5) is 0 Å². The number of alkyl halides is 1. The first kappa shape index (κ1) is 11.0. The molecule has 0 aromatic carbocycles. The molecular formula is C11H17BrN2O. The monoisotopic (exact) mass is 272 g/mol. The Morgan fingerprint density at radius 2 is 2.07 bits per heavy atom. The minimum absolute atomic E-state index is 0.129. The summed E-state index contributed by atoms with van der Waals surface area (Å²) in [4.78, 5) is 11.8. The van der Waals surface area contributed by atoms with E-state index in [1.165, 1.54) is 19.3 Å². The number of aromatic nitrogens is 2. The molecule has 1 heterocycles. The topological polar surface area (TPSA) is 26.9 Å². The van der Waals surface area contributed by atoms with Crippen molar-refractivity contribution in [2.75, 3.05) is 5.33 Å². The molecule has 1 aliphatic carbocycles. The highest BCUT2D eigenvalue weighted by Gasteiger charge is 2.36. The van der Waals surface area contributed by atoms with E-state index in [9.17, 15) is 4.79 Å². The predicted molar refractivity (Wildman–Crippen MR) is 64.4 cm³/mol. The van der Waals surface area contributed by atoms with Crippen molar-refractivity contribution >= 4 is 15.9 Å². The summed E-state index contributed by atoms with van der Waals surface area (Å²) in [6.07, 6.45) is 7.57. The summed E-state index contributed by atoms with van der Waals surface area (Å²) >= 11 is 3.57. The van der Waals surface area contributed by atoms with Crippen LogP contribution in [0.1, 0.15) is 26.2 Å². The van der Waals surface area contributed by atoms with E-state index in [2.05, 4.69) is 15.9 Å². The van der Waals surface area contributed by atoms with E-state index in [4.69, 9.17) is 0 Å². The lowest BCUT2D eigenvalue weighted by Gasteiger charge is -2.40. The predicted octanol–water partition coefficient (Wildman–Crippen LogP) is 2.23. The molecule has 84 valence electrons. The first-order valence-corrected chi connectivity index (χ1v) is 6.64. The lowest BCUT2D eigenvalue weighted by molar-refractivity contribution is 0.138. The number of rotatable bonds is 4. The smallest absolute Gasteiger partial charge is 0.300 e. The largest absolute Gasteiger partial charge is 0.328 e. The molecule has 1 aliphatic rings. The Balaban J connectivity index is 2.17. The number of imidazole rings is 1. The molecule has 15 heavy (non-hydrogen) atoms. The molecule has 0 N–H and O–H groups in total. The Hall–Kier alpha value is -0.510. The second-order valence-corrected chi connectivity index (χ2v) is 5.04. The SMILES string of the molecule is CCn1ccn(CC2(CBr)CCC2)c1=O. The number of hydrogen-bond acceptors (Lipinski definition) is 1. The van der Waals surface area contributed by atoms with Gasteiger partial charge < -0.3 is 0 Å². The molecule has 0 radical (unpaired) electrons. The maximum Gasteiger partial charge on any atom is 0.328 e. The molecule has 0 saturated heterocycles. The van der Waals surface area contributed by atoms with Crippen molar-refractivity contribution in [3.8, 4) is 0 Å². The van der Waals surface area contributed by atoms with E-state index in [1.54, 1.807) is 4.57 Å². The highest BCUT2D eigenvalue weighted by atomic mass is 79.9. The van der Waals surface area contributed by atoms with Crippen molar-refractivity contribution in [2.45, 2.75) is 39.3 Å². The molecular weight excluding hydrogens is 256 g/mol. The summed E-state index contributed by atoms with van der Waals surface area (Å²) in [5.74, 6) is 0. The fourth-order valence-corrected chi connectivity index (χ4v) is 2.92. The van der Waals surface area contributed by atoms with E-state index in [1.807, 2.05) is 23.9 Å². The van der Waals surface area contributed by atoms with E-state index in [0.717, 1.165) is 18.4 Å². The second-order valence-electron chi connectivity index (χ2n) is 4.48. The van der Waals surface area contributed by atoms with Crippen LogP contribution < -0.4 is 5.69 Å². The van der Waals surface area contributed by atoms with Gasteiger partial charge >= 0.3 is 5.69 Å². The minimum Gasteiger partial charge on any atom is -0.300 e. The van der Waals surface area contributed by atoms with Gasteiger partial charge in [-0.2, -0.15) is 0 Å². The van der Waals surface area contributed by atoms with Gasteiger partial charge in [-0.25, -0.2) is 4.79 Å². The Morgan fingerprint density at radius 1 is 1.40 bits per heavy atom. The zero-order chi connectivity index (χ0) is 10.9. The molecule has 0 aliphatic heterocycles. The van der Waals surface area contributed by atoms with Crippen LogP contribution in [-0.2, 0) is 13.1 Å². The van der Waals surface area contributed by atoms with Gasteiger partial charge in [-0.05, 0) is 25.2 Å². The zero-order valence-corrected chi connectivity index (χ0v) is 10.7. The van der Waals surface area contributed by atoms with Crippen molar-refractivity contribution < 1.29 is 0 Å². The molecule has 0 bridgehead atoms. The Bertz CT molecular complexity index is 384. The summed E-state index contributed by atoms with van der Waals surface area (Å²) < 4.78 is 3.60. The van der Waals surface area contributed by atoms with Crippen LogP contribution in [0.15, 0.2) is 17.2 Å². The van der Waals surface area contributed by atoms with Crippen molar-refractivity contribution in [2.24, 2.45) is 5.41 Å². The molecule has 1 saturated carbocycles. The maximum absolute atomic E-state index is 11.8. The summed E-state index contributed by atoms with van der Waals surface area (Å²) in [6, 6.07) is 0. The summed E-state index contributed by atoms with van der Waals surface area (Å²) in [6.45, 7) is 3.62. The van der Waals surface area contributed by atoms with Gasteiger partial charge in [0, 0.05) is 30.8 Å². The molecule has 1 aromatic rings. The van der Waals surface area contributed by atoms with E-state index in [-0.39, 0.29) is 5.69 Å². The van der Waals surface area contributed by atoms with Crippen LogP contribution in [0.25, 0.3) is 0 Å². The molecule has 0 unspecified atom stereocenters. The van der Waals surface area contributed by atoms with Crippen LogP contribution in [0, 0.1) is 5.41 Å². The fraction of sp³-hybridized carbons (Fsp3) is 0.727. The number of aryl methyl sites for hydroxylation is 1. The highest BCUT2D eigenvalue weighted by molar-refractivity contribution is 9.09. The lowest BCUT2D eigenvalue weighted by Crippen LogP contribution is -2.39. The highest BCUT2D eigenvalue weighted by Crippen LogP contribution is 2.43. The third kappa shape index (κ3) is 1.92. The fourth-order valence-electron chi connectivity index (χ4n) is 2.19. The first-order valence-electron chi connectivity index (χ1n) is 5.52. The number of nitrogens with zero attached hydrogens (tertiary/aromatic N) is 2. The maximum atomic E-state index is 11.8. The van der Waals surface area contributed by atoms with Gasteiger partial charge in [0.1, 0.15) is 0 Å². The standard InChI is InChI=1S/C11H17BrN2O/c1-2-13-6-7-14(10(13)15)9-11(8-12)4-3-5-11/h6-7H,2-5,8-9H2,1H3. The molecule has 4 heteroatoms. The Morgan fingerprint density at radius 3 is 2.47 bits per heavy atom. The Kier molecular flexibility index (Phi) is 3.05. The molecule has 0 amide bonds. The molecule has 0 atom stereocenters. The second kappa shape index (κ2) is 4.16. The quantitative estimate of drug-likeness (QED) is 0.773. The van der Waals surface area contributed by atoms with Crippen LogP contribution in [0.5, 0.6) is 0 Å². The van der Waals surface area contributed by atoms with Gasteiger partial charge in [-0.1, -0.05) is 22.4 Å². The van der Waals surface area contributed by atoms with Gasteiger partial charge in [0.2, 0.25) is 0 Å². The number of halogens is 1. The van der Waals surface area contributed by atoms with Crippen LogP contribution in [-0.4, -0.2) is 14.5 Å². The number of hydrogen-bond donors (Lipinski definition) is 0. The Labute approximate surface area is 98.2 Å². The summed E-state index contributed by atoms with van der Waals surface area (Å²) in [7, 11) is 0. The average Bonchev–Trinajstić information content (AvgIpc) is 2.53. The van der Waals surface area contributed by atoms with Gasteiger partial charge in [-0.15, -0.1) is 0 Å². The molecule has 1 fully saturated rings. The lowest BCUT2D eigenvalue weighted by atomic mass is 9.70. The van der Waals surface area contributed by atoms with Gasteiger partial charge in [0.05, 0.1) is 0 Å². The van der Waals surface area contributed by atoms with Gasteiger partial charge in [0.25, 0.3) is 0 Å². The molecule has 3 nitrogen and oxygen atoms in total. The minimum atomic E-state index is 0.129. The summed E-state index contributed by atoms with van der Waals surface area (Å²) in [5, 5.41) is 1.00. The third-order valence-electron chi connectivity index (χ3n) is 3.46. The molecule has 1 aromatic heterocycles. The van der Waals surface area contributed by atoms with Crippen molar-refractivity contribution in [1.29, 1.82) is 0 Å². The molecule has 0 spiro atoms. The van der Waals surface area contributed by atoms with Crippen molar-refractivity contribution in [1.82, 2.24) is 9.13 Å². The van der Waals surface area contributed by atoms with Crippen LogP contribution >= 0.6 is 15.9 Å². The normalized spacial score (nSPS) is 18.8. The summed E-state index contributed by atoms with van der Waals surface area (Å²) in [5.41, 5.74) is 0.466. The zero-order valence-electron chi connectivity index (χ0n) is 9.08. The van der Waals surface area contributed by atoms with E-state index >= 15 is 0 Å². The third-order valence-corrected chi connectivity index (χ3v) is 4.65. The van der Waals surface area contributed by atoms with Crippen LogP contribution in [0.3, 0.4) is 0 Å². The van der Waals surface area contributed by atoms with Gasteiger partial charge in [0.15, 0.2) is 0 Å². The average molecular weight is 273 g/mol. The molecule has 2 rings (SSSR count). The van der Waals surface area contributed by atoms with E-state index in [0.29, 0.717) is 5.41 Å². The van der Waals surface area contributed by atoms with Crippen LogP contribution in [0.2, 0.25) is 0 Å². The van der Waals surface area contributed by atoms with E-state index < -0.39 is 0 Å². The van der Waals surface area contributed by atoms with Gasteiger partial charge in [-0.3, -0.25) is 9.13 Å². The first-order chi connectivity index (χ1) is 7.21. The van der Waals surface area contributed by atoms with Crippen molar-refractivity contribution in [3.05, 3.63) is 22.9 Å². The van der Waals surface area contributed by atoms with Crippen molar-refractivity contribution in [3.63, 3.8) is 0 Å².